The first-order valence-electron chi connectivity index (χ1n) is 6.04. The van der Waals surface area contributed by atoms with Gasteiger partial charge in [-0.05, 0) is 37.6 Å². The fraction of sp³-hybridized carbons (Fsp3) is 0.462. The van der Waals surface area contributed by atoms with Crippen LogP contribution < -0.4 is 10.6 Å². The van der Waals surface area contributed by atoms with Gasteiger partial charge in [0.1, 0.15) is 5.82 Å². The minimum atomic E-state index is -0.468. The summed E-state index contributed by atoms with van der Waals surface area (Å²) in [6.45, 7) is 3.43. The molecule has 5 heteroatoms. The van der Waals surface area contributed by atoms with E-state index in [0.29, 0.717) is 11.6 Å². The average molecular weight is 271 g/mol. The molecule has 1 unspecified atom stereocenters. The fourth-order valence-electron chi connectivity index (χ4n) is 2.25. The molecule has 98 valence electrons. The highest BCUT2D eigenvalue weighted by Gasteiger charge is 2.39. The molecule has 1 amide bonds. The van der Waals surface area contributed by atoms with Gasteiger partial charge in [0.2, 0.25) is 5.91 Å². The van der Waals surface area contributed by atoms with Gasteiger partial charge in [-0.2, -0.15) is 0 Å². The molecule has 1 fully saturated rings. The van der Waals surface area contributed by atoms with Crippen molar-refractivity contribution >= 4 is 23.2 Å². The van der Waals surface area contributed by atoms with Crippen molar-refractivity contribution in [1.29, 1.82) is 0 Å². The number of rotatable bonds is 3. The number of anilines is 1. The zero-order valence-corrected chi connectivity index (χ0v) is 11.0. The monoisotopic (exact) mass is 270 g/mol. The Balaban J connectivity index is 2.18. The summed E-state index contributed by atoms with van der Waals surface area (Å²) >= 11 is 5.80. The largest absolute Gasteiger partial charge is 0.323 e. The Bertz CT molecular complexity index is 458. The second kappa shape index (κ2) is 5.24. The van der Waals surface area contributed by atoms with E-state index in [9.17, 15) is 9.18 Å². The van der Waals surface area contributed by atoms with Gasteiger partial charge in [0.05, 0.1) is 11.1 Å². The first-order chi connectivity index (χ1) is 8.57. The lowest BCUT2D eigenvalue weighted by atomic mass is 9.83. The molecule has 1 atom stereocenters. The van der Waals surface area contributed by atoms with Crippen LogP contribution in [-0.4, -0.2) is 19.0 Å². The van der Waals surface area contributed by atoms with Gasteiger partial charge in [0.25, 0.3) is 0 Å². The van der Waals surface area contributed by atoms with Crippen LogP contribution in [0.1, 0.15) is 19.8 Å². The van der Waals surface area contributed by atoms with E-state index >= 15 is 0 Å². The lowest BCUT2D eigenvalue weighted by Gasteiger charge is -2.25. The van der Waals surface area contributed by atoms with Gasteiger partial charge in [0, 0.05) is 11.6 Å². The highest BCUT2D eigenvalue weighted by molar-refractivity contribution is 6.30. The molecule has 18 heavy (non-hydrogen) atoms. The lowest BCUT2D eigenvalue weighted by Crippen LogP contribution is -2.37. The van der Waals surface area contributed by atoms with Crippen molar-refractivity contribution in [3.05, 3.63) is 29.0 Å². The zero-order chi connectivity index (χ0) is 13.2. The summed E-state index contributed by atoms with van der Waals surface area (Å²) in [5.41, 5.74) is -0.290. The van der Waals surface area contributed by atoms with E-state index in [1.165, 1.54) is 18.2 Å². The number of carbonyl (C=O) groups is 1. The Hall–Kier alpha value is -1.13. The van der Waals surface area contributed by atoms with Crippen LogP contribution in [0.25, 0.3) is 0 Å². The highest BCUT2D eigenvalue weighted by atomic mass is 35.5. The van der Waals surface area contributed by atoms with Crippen LogP contribution in [0, 0.1) is 11.2 Å². The smallest absolute Gasteiger partial charge is 0.231 e. The second-order valence-electron chi connectivity index (χ2n) is 4.64. The third-order valence-electron chi connectivity index (χ3n) is 3.58. The van der Waals surface area contributed by atoms with E-state index in [-0.39, 0.29) is 11.6 Å². The first-order valence-corrected chi connectivity index (χ1v) is 6.42. The summed E-state index contributed by atoms with van der Waals surface area (Å²) < 4.78 is 13.6. The average Bonchev–Trinajstić information content (AvgIpc) is 2.84. The van der Waals surface area contributed by atoms with E-state index in [1.807, 2.05) is 6.92 Å². The summed E-state index contributed by atoms with van der Waals surface area (Å²) in [4.78, 5) is 12.3. The number of hydrogen-bond donors (Lipinski definition) is 2. The lowest BCUT2D eigenvalue weighted by molar-refractivity contribution is -0.124. The normalized spacial score (nSPS) is 23.1. The van der Waals surface area contributed by atoms with Gasteiger partial charge in [0.15, 0.2) is 0 Å². The molecule has 1 aliphatic heterocycles. The number of amides is 1. The minimum absolute atomic E-state index is 0.142. The molecule has 1 aliphatic rings. The minimum Gasteiger partial charge on any atom is -0.323 e. The van der Waals surface area contributed by atoms with Gasteiger partial charge in [-0.15, -0.1) is 0 Å². The van der Waals surface area contributed by atoms with Gasteiger partial charge in [-0.1, -0.05) is 18.5 Å². The summed E-state index contributed by atoms with van der Waals surface area (Å²) in [7, 11) is 0. The van der Waals surface area contributed by atoms with Crippen LogP contribution in [-0.2, 0) is 4.79 Å². The molecule has 3 nitrogen and oxygen atoms in total. The number of nitrogens with one attached hydrogen (secondary N) is 2. The Kier molecular flexibility index (Phi) is 3.88. The van der Waals surface area contributed by atoms with Crippen molar-refractivity contribution in [2.45, 2.75) is 19.8 Å². The van der Waals surface area contributed by atoms with Crippen LogP contribution in [0.3, 0.4) is 0 Å². The van der Waals surface area contributed by atoms with Crippen molar-refractivity contribution in [3.8, 4) is 0 Å². The molecule has 1 aromatic rings. The second-order valence-corrected chi connectivity index (χ2v) is 5.08. The van der Waals surface area contributed by atoms with E-state index in [2.05, 4.69) is 10.6 Å². The molecule has 0 spiro atoms. The van der Waals surface area contributed by atoms with Gasteiger partial charge in [-0.3, -0.25) is 4.79 Å². The van der Waals surface area contributed by atoms with E-state index < -0.39 is 11.2 Å². The molecular formula is C13H16ClFN2O. The molecular weight excluding hydrogens is 255 g/mol. The van der Waals surface area contributed by atoms with Crippen molar-refractivity contribution < 1.29 is 9.18 Å². The fourth-order valence-corrected chi connectivity index (χ4v) is 2.42. The van der Waals surface area contributed by atoms with E-state index in [1.54, 1.807) is 0 Å². The molecule has 0 bridgehead atoms. The SMILES string of the molecule is CCC1(C(=O)Nc2cc(Cl)ccc2F)CCNC1. The quantitative estimate of drug-likeness (QED) is 0.887. The Morgan fingerprint density at radius 3 is 3.00 bits per heavy atom. The maximum absolute atomic E-state index is 13.6. The molecule has 1 heterocycles. The topological polar surface area (TPSA) is 41.1 Å². The van der Waals surface area contributed by atoms with Gasteiger partial charge >= 0.3 is 0 Å². The highest BCUT2D eigenvalue weighted by Crippen LogP contribution is 2.31. The molecule has 1 saturated heterocycles. The van der Waals surface area contributed by atoms with E-state index in [4.69, 9.17) is 11.6 Å². The van der Waals surface area contributed by atoms with Crippen molar-refractivity contribution in [2.75, 3.05) is 18.4 Å². The molecule has 0 aromatic heterocycles. The molecule has 1 aromatic carbocycles. The van der Waals surface area contributed by atoms with E-state index in [0.717, 1.165) is 19.4 Å². The molecule has 0 radical (unpaired) electrons. The van der Waals surface area contributed by atoms with Gasteiger partial charge < -0.3 is 10.6 Å². The predicted octanol–water partition coefficient (Wildman–Crippen LogP) is 2.81. The van der Waals surface area contributed by atoms with Crippen molar-refractivity contribution in [3.63, 3.8) is 0 Å². The van der Waals surface area contributed by atoms with Gasteiger partial charge in [-0.25, -0.2) is 4.39 Å². The predicted molar refractivity (Wildman–Crippen MR) is 70.3 cm³/mol. The number of halogens is 2. The first kappa shape index (κ1) is 13.3. The maximum Gasteiger partial charge on any atom is 0.231 e. The third kappa shape index (κ3) is 2.49. The summed E-state index contributed by atoms with van der Waals surface area (Å²) in [6.07, 6.45) is 1.51. The van der Waals surface area contributed by atoms with Crippen molar-refractivity contribution in [2.24, 2.45) is 5.41 Å². The molecule has 2 rings (SSSR count). The summed E-state index contributed by atoms with van der Waals surface area (Å²) in [5.74, 6) is -0.610. The van der Waals surface area contributed by atoms with Crippen LogP contribution in [0.15, 0.2) is 18.2 Å². The van der Waals surface area contributed by atoms with Crippen LogP contribution >= 0.6 is 11.6 Å². The van der Waals surface area contributed by atoms with Crippen LogP contribution in [0.2, 0.25) is 5.02 Å². The number of hydrogen-bond acceptors (Lipinski definition) is 2. The van der Waals surface area contributed by atoms with Crippen LogP contribution in [0.5, 0.6) is 0 Å². The van der Waals surface area contributed by atoms with Crippen LogP contribution in [0.4, 0.5) is 10.1 Å². The Labute approximate surface area is 111 Å². The summed E-state index contributed by atoms with van der Waals surface area (Å²) in [5, 5.41) is 6.23. The number of carbonyl (C=O) groups excluding carboxylic acids is 1. The third-order valence-corrected chi connectivity index (χ3v) is 3.81. The maximum atomic E-state index is 13.6. The standard InChI is InChI=1S/C13H16ClFN2O/c1-2-13(5-6-16-8-13)12(18)17-11-7-9(14)3-4-10(11)15/h3-4,7,16H,2,5-6,8H2,1H3,(H,17,18). The Morgan fingerprint density at radius 2 is 2.39 bits per heavy atom. The Morgan fingerprint density at radius 1 is 1.61 bits per heavy atom. The molecule has 0 saturated carbocycles. The number of benzene rings is 1. The molecule has 2 N–H and O–H groups in total. The summed E-state index contributed by atoms with van der Waals surface area (Å²) in [6, 6.07) is 4.14. The zero-order valence-electron chi connectivity index (χ0n) is 10.2. The van der Waals surface area contributed by atoms with Crippen molar-refractivity contribution in [1.82, 2.24) is 5.32 Å². The molecule has 0 aliphatic carbocycles.